The molecule has 5 heteroatoms. The topological polar surface area (TPSA) is 42.4 Å². The molecule has 1 aliphatic carbocycles. The van der Waals surface area contributed by atoms with Gasteiger partial charge in [-0.2, -0.15) is 0 Å². The monoisotopic (exact) mass is 280 g/mol. The van der Waals surface area contributed by atoms with Crippen molar-refractivity contribution in [3.8, 4) is 5.19 Å². The van der Waals surface area contributed by atoms with Crippen LogP contribution in [0.15, 0.2) is 11.6 Å². The minimum absolute atomic E-state index is 0.124. The molecular formula is C14H20N2O2S. The van der Waals surface area contributed by atoms with Gasteiger partial charge in [-0.1, -0.05) is 24.2 Å². The Morgan fingerprint density at radius 1 is 1.42 bits per heavy atom. The number of nitrogens with zero attached hydrogens (tertiary/aromatic N) is 2. The average Bonchev–Trinajstić information content (AvgIpc) is 3.10. The fraction of sp³-hybridized carbons (Fsp3) is 0.714. The van der Waals surface area contributed by atoms with E-state index in [-0.39, 0.29) is 6.10 Å². The summed E-state index contributed by atoms with van der Waals surface area (Å²) in [5, 5.41) is 2.63. The molecule has 1 aromatic heterocycles. The van der Waals surface area contributed by atoms with Gasteiger partial charge in [0, 0.05) is 31.0 Å². The highest BCUT2D eigenvalue weighted by molar-refractivity contribution is 7.11. The van der Waals surface area contributed by atoms with Crippen molar-refractivity contribution in [1.29, 1.82) is 0 Å². The lowest BCUT2D eigenvalue weighted by Crippen LogP contribution is -2.31. The Kier molecular flexibility index (Phi) is 4.01. The lowest BCUT2D eigenvalue weighted by molar-refractivity contribution is -0.131. The molecule has 1 aliphatic heterocycles. The molecule has 0 spiro atoms. The van der Waals surface area contributed by atoms with E-state index in [0.717, 1.165) is 31.1 Å². The minimum atomic E-state index is 0.124. The van der Waals surface area contributed by atoms with E-state index in [1.807, 2.05) is 10.3 Å². The number of aromatic nitrogens is 1. The normalized spacial score (nSPS) is 24.0. The van der Waals surface area contributed by atoms with Crippen LogP contribution in [-0.4, -0.2) is 35.0 Å². The summed E-state index contributed by atoms with van der Waals surface area (Å²) in [6.45, 7) is 1.56. The van der Waals surface area contributed by atoms with Gasteiger partial charge in [0.25, 0.3) is 5.19 Å². The van der Waals surface area contributed by atoms with Crippen molar-refractivity contribution in [2.75, 3.05) is 13.1 Å². The number of ether oxygens (including phenoxy) is 1. The molecule has 2 fully saturated rings. The van der Waals surface area contributed by atoms with Crippen LogP contribution < -0.4 is 4.74 Å². The number of thiazole rings is 1. The van der Waals surface area contributed by atoms with Crippen LogP contribution in [0, 0.1) is 5.92 Å². The fourth-order valence-electron chi connectivity index (χ4n) is 3.05. The molecule has 1 saturated heterocycles. The van der Waals surface area contributed by atoms with Gasteiger partial charge in [-0.25, -0.2) is 4.98 Å². The molecule has 1 aromatic rings. The molecule has 0 aromatic carbocycles. The van der Waals surface area contributed by atoms with Gasteiger partial charge in [0.15, 0.2) is 0 Å². The highest BCUT2D eigenvalue weighted by Crippen LogP contribution is 2.29. The molecule has 1 amide bonds. The van der Waals surface area contributed by atoms with Crippen LogP contribution in [0.5, 0.6) is 5.19 Å². The molecule has 2 aliphatic rings. The van der Waals surface area contributed by atoms with Crippen LogP contribution in [0.3, 0.4) is 0 Å². The minimum Gasteiger partial charge on any atom is -0.465 e. The first kappa shape index (κ1) is 12.9. The Labute approximate surface area is 117 Å². The van der Waals surface area contributed by atoms with Crippen molar-refractivity contribution in [2.24, 2.45) is 5.92 Å². The number of likely N-dealkylation sites (tertiary alicyclic amines) is 1. The SMILES string of the molecule is O=C(CC1CCCC1)N1CCC(Oc2nccs2)C1. The van der Waals surface area contributed by atoms with Gasteiger partial charge in [0.05, 0.1) is 6.54 Å². The predicted octanol–water partition coefficient (Wildman–Crippen LogP) is 2.70. The Hall–Kier alpha value is -1.10. The van der Waals surface area contributed by atoms with E-state index in [0.29, 0.717) is 11.8 Å². The zero-order valence-electron chi connectivity index (χ0n) is 11.1. The first-order valence-electron chi connectivity index (χ1n) is 7.15. The number of amides is 1. The molecule has 19 heavy (non-hydrogen) atoms. The number of rotatable bonds is 4. The van der Waals surface area contributed by atoms with Gasteiger partial charge in [-0.15, -0.1) is 0 Å². The molecule has 1 atom stereocenters. The lowest BCUT2D eigenvalue weighted by Gasteiger charge is -2.18. The second-order valence-corrected chi connectivity index (χ2v) is 6.38. The van der Waals surface area contributed by atoms with Crippen molar-refractivity contribution in [1.82, 2.24) is 9.88 Å². The van der Waals surface area contributed by atoms with Gasteiger partial charge in [0.2, 0.25) is 5.91 Å². The summed E-state index contributed by atoms with van der Waals surface area (Å²) in [6, 6.07) is 0. The molecule has 1 saturated carbocycles. The smallest absolute Gasteiger partial charge is 0.273 e. The van der Waals surface area contributed by atoms with Crippen molar-refractivity contribution in [3.63, 3.8) is 0 Å². The van der Waals surface area contributed by atoms with Gasteiger partial charge in [-0.05, 0) is 18.8 Å². The second kappa shape index (κ2) is 5.90. The lowest BCUT2D eigenvalue weighted by atomic mass is 10.0. The summed E-state index contributed by atoms with van der Waals surface area (Å²) >= 11 is 1.51. The summed E-state index contributed by atoms with van der Waals surface area (Å²) in [7, 11) is 0. The van der Waals surface area contributed by atoms with E-state index in [2.05, 4.69) is 4.98 Å². The van der Waals surface area contributed by atoms with Crippen molar-refractivity contribution in [3.05, 3.63) is 11.6 Å². The van der Waals surface area contributed by atoms with E-state index in [1.54, 1.807) is 6.20 Å². The Morgan fingerprint density at radius 3 is 3.00 bits per heavy atom. The van der Waals surface area contributed by atoms with Crippen LogP contribution in [0.2, 0.25) is 0 Å². The zero-order valence-corrected chi connectivity index (χ0v) is 11.9. The maximum Gasteiger partial charge on any atom is 0.273 e. The predicted molar refractivity (Wildman–Crippen MR) is 74.3 cm³/mol. The van der Waals surface area contributed by atoms with Crippen molar-refractivity contribution < 1.29 is 9.53 Å². The van der Waals surface area contributed by atoms with Gasteiger partial charge in [0.1, 0.15) is 6.10 Å². The number of carbonyl (C=O) groups excluding carboxylic acids is 1. The molecule has 0 radical (unpaired) electrons. The van der Waals surface area contributed by atoms with E-state index in [4.69, 9.17) is 4.74 Å². The van der Waals surface area contributed by atoms with Crippen LogP contribution in [0.25, 0.3) is 0 Å². The summed E-state index contributed by atoms with van der Waals surface area (Å²) in [5.74, 6) is 0.948. The van der Waals surface area contributed by atoms with Gasteiger partial charge >= 0.3 is 0 Å². The highest BCUT2D eigenvalue weighted by atomic mass is 32.1. The third-order valence-electron chi connectivity index (χ3n) is 4.11. The molecule has 0 bridgehead atoms. The van der Waals surface area contributed by atoms with Gasteiger partial charge < -0.3 is 9.64 Å². The van der Waals surface area contributed by atoms with E-state index in [9.17, 15) is 4.79 Å². The third kappa shape index (κ3) is 3.26. The first-order valence-corrected chi connectivity index (χ1v) is 8.03. The van der Waals surface area contributed by atoms with Crippen LogP contribution >= 0.6 is 11.3 Å². The molecule has 1 unspecified atom stereocenters. The van der Waals surface area contributed by atoms with E-state index >= 15 is 0 Å². The molecular weight excluding hydrogens is 260 g/mol. The summed E-state index contributed by atoms with van der Waals surface area (Å²) < 4.78 is 5.78. The van der Waals surface area contributed by atoms with Crippen LogP contribution in [0.1, 0.15) is 38.5 Å². The van der Waals surface area contributed by atoms with E-state index < -0.39 is 0 Å². The molecule has 4 nitrogen and oxygen atoms in total. The summed E-state index contributed by atoms with van der Waals surface area (Å²) in [4.78, 5) is 18.3. The zero-order chi connectivity index (χ0) is 13.1. The van der Waals surface area contributed by atoms with Gasteiger partial charge in [-0.3, -0.25) is 4.79 Å². The number of hydrogen-bond acceptors (Lipinski definition) is 4. The van der Waals surface area contributed by atoms with Crippen molar-refractivity contribution in [2.45, 2.75) is 44.6 Å². The second-order valence-electron chi connectivity index (χ2n) is 5.52. The largest absolute Gasteiger partial charge is 0.465 e. The molecule has 2 heterocycles. The highest BCUT2D eigenvalue weighted by Gasteiger charge is 2.29. The van der Waals surface area contributed by atoms with Crippen LogP contribution in [0.4, 0.5) is 0 Å². The Bertz CT molecular complexity index is 415. The molecule has 0 N–H and O–H groups in total. The van der Waals surface area contributed by atoms with Crippen molar-refractivity contribution >= 4 is 17.2 Å². The fourth-order valence-corrected chi connectivity index (χ4v) is 3.60. The molecule has 3 rings (SSSR count). The summed E-state index contributed by atoms with van der Waals surface area (Å²) in [5.41, 5.74) is 0. The first-order chi connectivity index (χ1) is 9.31. The van der Waals surface area contributed by atoms with E-state index in [1.165, 1.54) is 37.0 Å². The molecule has 104 valence electrons. The standard InChI is InChI=1S/C14H20N2O2S/c17-13(9-11-3-1-2-4-11)16-7-5-12(10-16)18-14-15-6-8-19-14/h6,8,11-12H,1-5,7,9-10H2. The number of hydrogen-bond donors (Lipinski definition) is 0. The van der Waals surface area contributed by atoms with Crippen LogP contribution in [-0.2, 0) is 4.79 Å². The Morgan fingerprint density at radius 2 is 2.26 bits per heavy atom. The summed E-state index contributed by atoms with van der Waals surface area (Å²) in [6.07, 6.45) is 8.61. The average molecular weight is 280 g/mol. The maximum atomic E-state index is 12.2. The maximum absolute atomic E-state index is 12.2. The Balaban J connectivity index is 1.46. The third-order valence-corrected chi connectivity index (χ3v) is 4.77. The number of carbonyl (C=O) groups is 1. The quantitative estimate of drug-likeness (QED) is 0.851.